The smallest absolute Gasteiger partial charge is 0.264 e. The third kappa shape index (κ3) is 3.23. The molecule has 0 saturated heterocycles. The van der Waals surface area contributed by atoms with E-state index in [4.69, 9.17) is 11.6 Å². The average molecular weight is 366 g/mol. The zero-order chi connectivity index (χ0) is 14.0. The zero-order valence-corrected chi connectivity index (χ0v) is 12.4. The van der Waals surface area contributed by atoms with E-state index in [0.29, 0.717) is 4.47 Å². The standard InChI is InChI=1S/C11H7BrClFN2O2S/c12-7-3-4-10(8(14)6-7)19(17,18)16-9-2-1-5-15-11(9)13/h1-6,16H. The second-order valence-electron chi connectivity index (χ2n) is 3.52. The van der Waals surface area contributed by atoms with Crippen LogP contribution in [0.5, 0.6) is 0 Å². The molecule has 0 unspecified atom stereocenters. The van der Waals surface area contributed by atoms with Gasteiger partial charge in [0, 0.05) is 10.7 Å². The van der Waals surface area contributed by atoms with Gasteiger partial charge in [-0.05, 0) is 30.3 Å². The molecular weight excluding hydrogens is 359 g/mol. The predicted octanol–water partition coefficient (Wildman–Crippen LogP) is 3.44. The van der Waals surface area contributed by atoms with Gasteiger partial charge in [-0.15, -0.1) is 0 Å². The van der Waals surface area contributed by atoms with Crippen molar-refractivity contribution in [1.29, 1.82) is 0 Å². The van der Waals surface area contributed by atoms with Gasteiger partial charge in [0.15, 0.2) is 5.15 Å². The van der Waals surface area contributed by atoms with Crippen molar-refractivity contribution in [3.63, 3.8) is 0 Å². The molecule has 0 atom stereocenters. The van der Waals surface area contributed by atoms with Crippen LogP contribution in [0.25, 0.3) is 0 Å². The molecule has 0 radical (unpaired) electrons. The van der Waals surface area contributed by atoms with Crippen molar-refractivity contribution in [2.24, 2.45) is 0 Å². The summed E-state index contributed by atoms with van der Waals surface area (Å²) in [5, 5.41) is -0.0106. The van der Waals surface area contributed by atoms with E-state index in [9.17, 15) is 12.8 Å². The first kappa shape index (κ1) is 14.2. The van der Waals surface area contributed by atoms with Crippen LogP contribution in [0.4, 0.5) is 10.1 Å². The molecule has 8 heteroatoms. The molecule has 1 aromatic heterocycles. The molecule has 0 aliphatic carbocycles. The minimum Gasteiger partial charge on any atom is -0.276 e. The van der Waals surface area contributed by atoms with Crippen molar-refractivity contribution in [3.05, 3.63) is 52.0 Å². The van der Waals surface area contributed by atoms with Gasteiger partial charge >= 0.3 is 0 Å². The fourth-order valence-electron chi connectivity index (χ4n) is 1.36. The Bertz CT molecular complexity index is 724. The lowest BCUT2D eigenvalue weighted by Crippen LogP contribution is -2.15. The highest BCUT2D eigenvalue weighted by Gasteiger charge is 2.20. The molecule has 0 aliphatic heterocycles. The summed E-state index contributed by atoms with van der Waals surface area (Å²) < 4.78 is 40.4. The van der Waals surface area contributed by atoms with Crippen LogP contribution in [-0.4, -0.2) is 13.4 Å². The first-order valence-electron chi connectivity index (χ1n) is 4.98. The highest BCUT2D eigenvalue weighted by Crippen LogP contribution is 2.24. The Labute approximate surface area is 122 Å². The van der Waals surface area contributed by atoms with Crippen LogP contribution in [0.1, 0.15) is 0 Å². The molecule has 0 spiro atoms. The lowest BCUT2D eigenvalue weighted by atomic mass is 10.3. The maximum atomic E-state index is 13.7. The van der Waals surface area contributed by atoms with Gasteiger partial charge in [0.2, 0.25) is 0 Å². The third-order valence-electron chi connectivity index (χ3n) is 2.19. The molecule has 0 aliphatic rings. The largest absolute Gasteiger partial charge is 0.276 e. The molecule has 1 aromatic carbocycles. The Kier molecular flexibility index (Phi) is 4.07. The molecule has 2 aromatic rings. The van der Waals surface area contributed by atoms with Gasteiger partial charge in [-0.3, -0.25) is 4.72 Å². The number of sulfonamides is 1. The molecule has 4 nitrogen and oxygen atoms in total. The number of anilines is 1. The van der Waals surface area contributed by atoms with E-state index in [0.717, 1.165) is 12.1 Å². The summed E-state index contributed by atoms with van der Waals surface area (Å²) >= 11 is 8.80. The molecule has 1 N–H and O–H groups in total. The van der Waals surface area contributed by atoms with Crippen LogP contribution in [-0.2, 0) is 10.0 Å². The Balaban J connectivity index is 2.41. The van der Waals surface area contributed by atoms with Crippen molar-refractivity contribution >= 4 is 43.2 Å². The normalized spacial score (nSPS) is 11.3. The number of benzene rings is 1. The van der Waals surface area contributed by atoms with Crippen LogP contribution in [0.15, 0.2) is 45.9 Å². The number of rotatable bonds is 3. The van der Waals surface area contributed by atoms with Crippen LogP contribution in [0.3, 0.4) is 0 Å². The molecule has 0 fully saturated rings. The third-order valence-corrected chi connectivity index (χ3v) is 4.38. The molecule has 2 rings (SSSR count). The Morgan fingerprint density at radius 1 is 1.32 bits per heavy atom. The van der Waals surface area contributed by atoms with Crippen LogP contribution in [0, 0.1) is 5.82 Å². The van der Waals surface area contributed by atoms with E-state index >= 15 is 0 Å². The van der Waals surface area contributed by atoms with Crippen molar-refractivity contribution in [2.45, 2.75) is 4.90 Å². The highest BCUT2D eigenvalue weighted by molar-refractivity contribution is 9.10. The number of aromatic nitrogens is 1. The Morgan fingerprint density at radius 3 is 2.68 bits per heavy atom. The van der Waals surface area contributed by atoms with E-state index in [1.54, 1.807) is 0 Å². The monoisotopic (exact) mass is 364 g/mol. The maximum absolute atomic E-state index is 13.7. The summed E-state index contributed by atoms with van der Waals surface area (Å²) in [4.78, 5) is 3.27. The number of nitrogens with zero attached hydrogens (tertiary/aromatic N) is 1. The number of hydrogen-bond acceptors (Lipinski definition) is 3. The Hall–Kier alpha value is -1.18. The maximum Gasteiger partial charge on any atom is 0.264 e. The number of halogens is 3. The lowest BCUT2D eigenvalue weighted by Gasteiger charge is -2.09. The minimum atomic E-state index is -4.05. The van der Waals surface area contributed by atoms with Gasteiger partial charge in [0.1, 0.15) is 10.7 Å². The van der Waals surface area contributed by atoms with Crippen LogP contribution < -0.4 is 4.72 Å². The molecule has 0 saturated carbocycles. The molecule has 100 valence electrons. The summed E-state index contributed by atoms with van der Waals surface area (Å²) in [7, 11) is -4.05. The van der Waals surface area contributed by atoms with E-state index in [-0.39, 0.29) is 10.8 Å². The van der Waals surface area contributed by atoms with Gasteiger partial charge in [0.05, 0.1) is 5.69 Å². The summed E-state index contributed by atoms with van der Waals surface area (Å²) in [6.07, 6.45) is 1.42. The summed E-state index contributed by atoms with van der Waals surface area (Å²) in [5.41, 5.74) is 0.0893. The van der Waals surface area contributed by atoms with Crippen molar-refractivity contribution in [1.82, 2.24) is 4.98 Å². The number of pyridine rings is 1. The first-order valence-corrected chi connectivity index (χ1v) is 7.64. The summed E-state index contributed by atoms with van der Waals surface area (Å²) in [6.45, 7) is 0. The van der Waals surface area contributed by atoms with E-state index in [1.807, 2.05) is 0 Å². The molecule has 1 heterocycles. The lowest BCUT2D eigenvalue weighted by molar-refractivity contribution is 0.570. The van der Waals surface area contributed by atoms with Crippen molar-refractivity contribution in [3.8, 4) is 0 Å². The Morgan fingerprint density at radius 2 is 2.05 bits per heavy atom. The van der Waals surface area contributed by atoms with E-state index in [2.05, 4.69) is 25.6 Å². The number of hydrogen-bond donors (Lipinski definition) is 1. The first-order chi connectivity index (χ1) is 8.90. The molecule has 19 heavy (non-hydrogen) atoms. The zero-order valence-electron chi connectivity index (χ0n) is 9.27. The molecule has 0 bridgehead atoms. The van der Waals surface area contributed by atoms with E-state index in [1.165, 1.54) is 24.4 Å². The highest BCUT2D eigenvalue weighted by atomic mass is 79.9. The van der Waals surface area contributed by atoms with Gasteiger partial charge in [-0.2, -0.15) is 0 Å². The van der Waals surface area contributed by atoms with Gasteiger partial charge < -0.3 is 0 Å². The van der Waals surface area contributed by atoms with Gasteiger partial charge in [-0.1, -0.05) is 27.5 Å². The quantitative estimate of drug-likeness (QED) is 0.848. The van der Waals surface area contributed by atoms with E-state index < -0.39 is 20.7 Å². The van der Waals surface area contributed by atoms with Crippen LogP contribution in [0.2, 0.25) is 5.15 Å². The second kappa shape index (κ2) is 5.44. The average Bonchev–Trinajstić information content (AvgIpc) is 2.31. The molecule has 0 amide bonds. The minimum absolute atomic E-state index is 0.0106. The topological polar surface area (TPSA) is 59.1 Å². The van der Waals surface area contributed by atoms with Crippen molar-refractivity contribution in [2.75, 3.05) is 4.72 Å². The van der Waals surface area contributed by atoms with Crippen LogP contribution >= 0.6 is 27.5 Å². The SMILES string of the molecule is O=S(=O)(Nc1cccnc1Cl)c1ccc(Br)cc1F. The van der Waals surface area contributed by atoms with Gasteiger partial charge in [-0.25, -0.2) is 17.8 Å². The van der Waals surface area contributed by atoms with Crippen molar-refractivity contribution < 1.29 is 12.8 Å². The van der Waals surface area contributed by atoms with Gasteiger partial charge in [0.25, 0.3) is 10.0 Å². The fraction of sp³-hybridized carbons (Fsp3) is 0. The second-order valence-corrected chi connectivity index (χ2v) is 6.45. The summed E-state index contributed by atoms with van der Waals surface area (Å²) in [6, 6.07) is 6.61. The summed E-state index contributed by atoms with van der Waals surface area (Å²) in [5.74, 6) is -0.859. The molecular formula is C11H7BrClFN2O2S. The fourth-order valence-corrected chi connectivity index (χ4v) is 3.04. The number of nitrogens with one attached hydrogen (secondary N) is 1. The predicted molar refractivity (Wildman–Crippen MR) is 74.2 cm³/mol.